The van der Waals surface area contributed by atoms with E-state index in [9.17, 15) is 27.1 Å². The number of aromatic nitrogens is 1. The number of sulfonamides is 1. The van der Waals surface area contributed by atoms with Gasteiger partial charge in [-0.2, -0.15) is 4.31 Å². The molecule has 1 aliphatic heterocycles. The molecular formula is C22H20F2N2O4S. The van der Waals surface area contributed by atoms with Gasteiger partial charge >= 0.3 is 5.97 Å². The maximum atomic E-state index is 14.2. The van der Waals surface area contributed by atoms with Gasteiger partial charge in [0.25, 0.3) is 0 Å². The van der Waals surface area contributed by atoms with E-state index in [2.05, 4.69) is 4.98 Å². The van der Waals surface area contributed by atoms with E-state index in [-0.39, 0.29) is 32.6 Å². The monoisotopic (exact) mass is 446 g/mol. The van der Waals surface area contributed by atoms with E-state index in [1.807, 2.05) is 0 Å². The number of halogens is 2. The van der Waals surface area contributed by atoms with Gasteiger partial charge in [0.1, 0.15) is 11.6 Å². The van der Waals surface area contributed by atoms with Crippen LogP contribution in [0.2, 0.25) is 0 Å². The van der Waals surface area contributed by atoms with Crippen molar-refractivity contribution in [2.24, 2.45) is 0 Å². The number of pyridine rings is 1. The van der Waals surface area contributed by atoms with Crippen molar-refractivity contribution in [3.05, 3.63) is 59.7 Å². The third-order valence-electron chi connectivity index (χ3n) is 5.42. The largest absolute Gasteiger partial charge is 0.478 e. The maximum Gasteiger partial charge on any atom is 0.336 e. The minimum Gasteiger partial charge on any atom is -0.478 e. The van der Waals surface area contributed by atoms with Crippen LogP contribution in [0, 0.1) is 11.6 Å². The second-order valence-corrected chi connectivity index (χ2v) is 9.42. The average Bonchev–Trinajstić information content (AvgIpc) is 3.04. The number of nitrogens with zero attached hydrogens (tertiary/aromatic N) is 2. The lowest BCUT2D eigenvalue weighted by molar-refractivity contribution is 0.0699. The summed E-state index contributed by atoms with van der Waals surface area (Å²) in [5, 5.41) is 9.82. The first-order valence-electron chi connectivity index (χ1n) is 9.91. The number of hydrogen-bond donors (Lipinski definition) is 1. The number of carboxylic acid groups (broad SMARTS) is 1. The summed E-state index contributed by atoms with van der Waals surface area (Å²) in [5.41, 5.74) is -0.291. The predicted molar refractivity (Wildman–Crippen MR) is 111 cm³/mol. The first-order valence-corrected chi connectivity index (χ1v) is 11.3. The molecule has 0 bridgehead atoms. The average molecular weight is 446 g/mol. The highest BCUT2D eigenvalue weighted by molar-refractivity contribution is 7.89. The minimum atomic E-state index is -3.79. The molecule has 0 aliphatic carbocycles. The number of carboxylic acids is 1. The molecule has 6 nitrogen and oxygen atoms in total. The van der Waals surface area contributed by atoms with E-state index in [0.29, 0.717) is 13.1 Å². The molecule has 0 unspecified atom stereocenters. The van der Waals surface area contributed by atoms with Crippen LogP contribution >= 0.6 is 0 Å². The van der Waals surface area contributed by atoms with Gasteiger partial charge in [0.05, 0.1) is 21.7 Å². The van der Waals surface area contributed by atoms with Crippen LogP contribution in [-0.4, -0.2) is 41.9 Å². The van der Waals surface area contributed by atoms with E-state index in [0.717, 1.165) is 49.9 Å². The van der Waals surface area contributed by atoms with Crippen LogP contribution in [0.1, 0.15) is 36.0 Å². The van der Waals surface area contributed by atoms with Crippen molar-refractivity contribution >= 4 is 26.9 Å². The Balaban J connectivity index is 1.86. The number of aromatic carboxylic acids is 1. The summed E-state index contributed by atoms with van der Waals surface area (Å²) in [5.74, 6) is -2.76. The Labute approximate surface area is 178 Å². The van der Waals surface area contributed by atoms with Gasteiger partial charge in [-0.3, -0.25) is 0 Å². The second-order valence-electron chi connectivity index (χ2n) is 7.48. The zero-order valence-corrected chi connectivity index (χ0v) is 17.3. The molecule has 0 atom stereocenters. The molecule has 1 N–H and O–H groups in total. The summed E-state index contributed by atoms with van der Waals surface area (Å²) in [6.45, 7) is 0.838. The third-order valence-corrected chi connectivity index (χ3v) is 7.31. The Morgan fingerprint density at radius 3 is 2.35 bits per heavy atom. The van der Waals surface area contributed by atoms with Crippen LogP contribution in [0.15, 0.2) is 47.4 Å². The summed E-state index contributed by atoms with van der Waals surface area (Å²) in [7, 11) is -3.79. The molecule has 0 amide bonds. The molecule has 2 heterocycles. The van der Waals surface area contributed by atoms with Crippen LogP contribution in [-0.2, 0) is 10.0 Å². The van der Waals surface area contributed by atoms with Gasteiger partial charge < -0.3 is 5.11 Å². The summed E-state index contributed by atoms with van der Waals surface area (Å²) in [4.78, 5) is 16.1. The fourth-order valence-electron chi connectivity index (χ4n) is 3.81. The van der Waals surface area contributed by atoms with Crippen molar-refractivity contribution in [1.29, 1.82) is 0 Å². The summed E-state index contributed by atoms with van der Waals surface area (Å²) < 4.78 is 55.4. The smallest absolute Gasteiger partial charge is 0.336 e. The van der Waals surface area contributed by atoms with Crippen molar-refractivity contribution in [3.8, 4) is 11.3 Å². The van der Waals surface area contributed by atoms with Crippen LogP contribution in [0.25, 0.3) is 22.2 Å². The van der Waals surface area contributed by atoms with Crippen LogP contribution in [0.4, 0.5) is 8.78 Å². The Morgan fingerprint density at radius 1 is 0.968 bits per heavy atom. The highest BCUT2D eigenvalue weighted by atomic mass is 32.2. The molecule has 0 radical (unpaired) electrons. The molecule has 4 rings (SSSR count). The second kappa shape index (κ2) is 8.32. The van der Waals surface area contributed by atoms with Crippen LogP contribution < -0.4 is 0 Å². The predicted octanol–water partition coefficient (Wildman–Crippen LogP) is 4.44. The minimum absolute atomic E-state index is 0.0177. The number of rotatable bonds is 4. The van der Waals surface area contributed by atoms with Gasteiger partial charge in [0.15, 0.2) is 0 Å². The van der Waals surface area contributed by atoms with Gasteiger partial charge in [-0.1, -0.05) is 12.8 Å². The normalized spacial score (nSPS) is 15.7. The first-order chi connectivity index (χ1) is 14.8. The molecule has 1 fully saturated rings. The molecule has 9 heteroatoms. The fourth-order valence-corrected chi connectivity index (χ4v) is 5.35. The van der Waals surface area contributed by atoms with Crippen molar-refractivity contribution in [2.75, 3.05) is 13.1 Å². The molecule has 31 heavy (non-hydrogen) atoms. The Morgan fingerprint density at radius 2 is 1.68 bits per heavy atom. The van der Waals surface area contributed by atoms with E-state index < -0.39 is 27.6 Å². The Hall–Kier alpha value is -2.91. The topological polar surface area (TPSA) is 87.6 Å². The third kappa shape index (κ3) is 4.15. The fraction of sp³-hybridized carbons (Fsp3) is 0.273. The van der Waals surface area contributed by atoms with Crippen molar-refractivity contribution < 1.29 is 27.1 Å². The van der Waals surface area contributed by atoms with Gasteiger partial charge in [-0.25, -0.2) is 27.0 Å². The molecule has 1 saturated heterocycles. The number of hydrogen-bond acceptors (Lipinski definition) is 4. The summed E-state index contributed by atoms with van der Waals surface area (Å²) in [6.07, 6.45) is 3.49. The molecule has 3 aromatic rings. The lowest BCUT2D eigenvalue weighted by atomic mass is 10.0. The SMILES string of the molecule is O=C(O)c1cc(-c2cc(F)ccc2F)nc2ccc(S(=O)(=O)N3CCCCCC3)cc12. The number of fused-ring (bicyclic) bond motifs is 1. The lowest BCUT2D eigenvalue weighted by Gasteiger charge is -2.20. The van der Waals surface area contributed by atoms with E-state index >= 15 is 0 Å². The molecule has 162 valence electrons. The highest BCUT2D eigenvalue weighted by Crippen LogP contribution is 2.30. The lowest BCUT2D eigenvalue weighted by Crippen LogP contribution is -2.31. The zero-order valence-electron chi connectivity index (χ0n) is 16.5. The molecule has 0 spiro atoms. The van der Waals surface area contributed by atoms with Crippen molar-refractivity contribution in [2.45, 2.75) is 30.6 Å². The molecule has 2 aromatic carbocycles. The van der Waals surface area contributed by atoms with Crippen LogP contribution in [0.3, 0.4) is 0 Å². The van der Waals surface area contributed by atoms with Crippen molar-refractivity contribution in [3.63, 3.8) is 0 Å². The number of carbonyl (C=O) groups is 1. The maximum absolute atomic E-state index is 14.2. The van der Waals surface area contributed by atoms with Gasteiger partial charge in [-0.05, 0) is 55.3 Å². The van der Waals surface area contributed by atoms with E-state index in [1.54, 1.807) is 0 Å². The van der Waals surface area contributed by atoms with Crippen molar-refractivity contribution in [1.82, 2.24) is 9.29 Å². The quantitative estimate of drug-likeness (QED) is 0.640. The standard InChI is InChI=1S/C22H20F2N2O4S/c23-14-5-7-19(24)18(11-14)21-13-17(22(27)28)16-12-15(6-8-20(16)25-21)31(29,30)26-9-3-1-2-4-10-26/h5-8,11-13H,1-4,9-10H2,(H,27,28). The van der Waals surface area contributed by atoms with Gasteiger partial charge in [0, 0.05) is 24.0 Å². The molecular weight excluding hydrogens is 426 g/mol. The molecule has 0 saturated carbocycles. The number of benzene rings is 2. The Bertz CT molecular complexity index is 1270. The zero-order chi connectivity index (χ0) is 22.2. The molecule has 1 aromatic heterocycles. The van der Waals surface area contributed by atoms with Crippen LogP contribution in [0.5, 0.6) is 0 Å². The summed E-state index contributed by atoms with van der Waals surface area (Å²) >= 11 is 0. The highest BCUT2D eigenvalue weighted by Gasteiger charge is 2.26. The van der Waals surface area contributed by atoms with E-state index in [1.165, 1.54) is 22.5 Å². The van der Waals surface area contributed by atoms with Gasteiger partial charge in [-0.15, -0.1) is 0 Å². The molecule has 1 aliphatic rings. The summed E-state index contributed by atoms with van der Waals surface area (Å²) in [6, 6.07) is 8.02. The first kappa shape index (κ1) is 21.3. The van der Waals surface area contributed by atoms with Gasteiger partial charge in [0.2, 0.25) is 10.0 Å². The Kier molecular flexibility index (Phi) is 5.72. The van der Waals surface area contributed by atoms with E-state index in [4.69, 9.17) is 0 Å².